The second-order valence-electron chi connectivity index (χ2n) is 7.68. The number of aryl methyl sites for hydroxylation is 3. The Labute approximate surface area is 206 Å². The SMILES string of the molecule is Cc1cccc(N)c1C(=O)O.Cc1cccc2nc[nH]c(=O)c12.Cc1cccc2ncnc(Cl)c12. The van der Waals surface area contributed by atoms with E-state index >= 15 is 0 Å². The molecule has 35 heavy (non-hydrogen) atoms. The number of benzene rings is 3. The Kier molecular flexibility index (Phi) is 8.12. The zero-order valence-electron chi connectivity index (χ0n) is 19.4. The summed E-state index contributed by atoms with van der Waals surface area (Å²) in [6.45, 7) is 5.62. The molecule has 0 fully saturated rings. The van der Waals surface area contributed by atoms with Crippen molar-refractivity contribution in [3.63, 3.8) is 0 Å². The maximum Gasteiger partial charge on any atom is 0.338 e. The number of hydrogen-bond donors (Lipinski definition) is 3. The summed E-state index contributed by atoms with van der Waals surface area (Å²) >= 11 is 5.91. The highest BCUT2D eigenvalue weighted by molar-refractivity contribution is 6.34. The first kappa shape index (κ1) is 25.3. The number of aromatic nitrogens is 4. The summed E-state index contributed by atoms with van der Waals surface area (Å²) in [6, 6.07) is 16.5. The van der Waals surface area contributed by atoms with E-state index in [4.69, 9.17) is 22.4 Å². The van der Waals surface area contributed by atoms with Gasteiger partial charge in [0.15, 0.2) is 0 Å². The van der Waals surface area contributed by atoms with Crippen LogP contribution in [0.15, 0.2) is 72.0 Å². The summed E-state index contributed by atoms with van der Waals surface area (Å²) in [4.78, 5) is 36.5. The predicted molar refractivity (Wildman–Crippen MR) is 139 cm³/mol. The molecule has 0 spiro atoms. The Balaban J connectivity index is 0.000000147. The molecule has 2 heterocycles. The van der Waals surface area contributed by atoms with Crippen molar-refractivity contribution in [3.05, 3.63) is 105 Å². The van der Waals surface area contributed by atoms with Gasteiger partial charge in [-0.3, -0.25) is 4.79 Å². The lowest BCUT2D eigenvalue weighted by Gasteiger charge is -2.02. The highest BCUT2D eigenvalue weighted by atomic mass is 35.5. The fourth-order valence-electron chi connectivity index (χ4n) is 3.51. The maximum atomic E-state index is 11.3. The molecular formula is C26H24ClN5O3. The first-order valence-electron chi connectivity index (χ1n) is 10.6. The first-order valence-corrected chi connectivity index (χ1v) is 11.0. The van der Waals surface area contributed by atoms with Gasteiger partial charge in [0.1, 0.15) is 11.5 Å². The number of carboxylic acid groups (broad SMARTS) is 1. The number of halogens is 1. The average Bonchev–Trinajstić information content (AvgIpc) is 2.80. The molecule has 9 heteroatoms. The summed E-state index contributed by atoms with van der Waals surface area (Å²) < 4.78 is 0. The van der Waals surface area contributed by atoms with Crippen LogP contribution >= 0.6 is 11.6 Å². The molecule has 0 aliphatic carbocycles. The van der Waals surface area contributed by atoms with E-state index in [1.807, 2.05) is 50.2 Å². The third-order valence-electron chi connectivity index (χ3n) is 5.22. The van der Waals surface area contributed by atoms with Crippen molar-refractivity contribution >= 4 is 45.1 Å². The van der Waals surface area contributed by atoms with Crippen LogP contribution in [0.25, 0.3) is 21.8 Å². The van der Waals surface area contributed by atoms with Crippen LogP contribution in [0.1, 0.15) is 27.0 Å². The van der Waals surface area contributed by atoms with Crippen molar-refractivity contribution in [2.45, 2.75) is 20.8 Å². The van der Waals surface area contributed by atoms with Crippen molar-refractivity contribution in [1.82, 2.24) is 19.9 Å². The van der Waals surface area contributed by atoms with Gasteiger partial charge in [0.05, 0.1) is 28.3 Å². The minimum atomic E-state index is -0.972. The van der Waals surface area contributed by atoms with Gasteiger partial charge in [-0.1, -0.05) is 48.0 Å². The van der Waals surface area contributed by atoms with E-state index in [-0.39, 0.29) is 11.1 Å². The van der Waals surface area contributed by atoms with Gasteiger partial charge in [-0.15, -0.1) is 0 Å². The van der Waals surface area contributed by atoms with Gasteiger partial charge < -0.3 is 15.8 Å². The molecule has 0 bridgehead atoms. The summed E-state index contributed by atoms with van der Waals surface area (Å²) in [5.74, 6) is -0.972. The standard InChI is InChI=1S/C9H7ClN2.C9H8N2O.C8H9NO2/c1-6-3-2-4-7-8(6)9(10)12-5-11-7;1-6-3-2-4-7-8(6)9(12)11-5-10-7;1-5-3-2-4-6(9)7(5)8(10)11/h2-5H,1H3;2-5H,1H3,(H,10,11,12);2-4H,9H2,1H3,(H,10,11). The third kappa shape index (κ3) is 5.99. The summed E-state index contributed by atoms with van der Waals surface area (Å²) in [7, 11) is 0. The van der Waals surface area contributed by atoms with Crippen LogP contribution in [0.3, 0.4) is 0 Å². The topological polar surface area (TPSA) is 135 Å². The highest BCUT2D eigenvalue weighted by Gasteiger charge is 2.09. The number of aromatic carboxylic acids is 1. The Hall–Kier alpha value is -4.30. The Morgan fingerprint density at radius 2 is 1.43 bits per heavy atom. The number of carboxylic acids is 1. The predicted octanol–water partition coefficient (Wildman–Crippen LogP) is 5.10. The van der Waals surface area contributed by atoms with E-state index in [1.165, 1.54) is 12.7 Å². The largest absolute Gasteiger partial charge is 0.478 e. The van der Waals surface area contributed by atoms with Crippen LogP contribution in [-0.2, 0) is 0 Å². The van der Waals surface area contributed by atoms with Crippen molar-refractivity contribution in [2.24, 2.45) is 0 Å². The van der Waals surface area contributed by atoms with Crippen molar-refractivity contribution < 1.29 is 9.90 Å². The van der Waals surface area contributed by atoms with Crippen LogP contribution in [0.5, 0.6) is 0 Å². The molecular weight excluding hydrogens is 466 g/mol. The van der Waals surface area contributed by atoms with Gasteiger partial charge >= 0.3 is 5.97 Å². The molecule has 3 aromatic carbocycles. The molecule has 0 unspecified atom stereocenters. The molecule has 0 saturated carbocycles. The van der Waals surface area contributed by atoms with E-state index in [1.54, 1.807) is 25.1 Å². The van der Waals surface area contributed by atoms with E-state index in [2.05, 4.69) is 19.9 Å². The number of H-pyrrole nitrogens is 1. The lowest BCUT2D eigenvalue weighted by atomic mass is 10.1. The molecule has 0 aliphatic rings. The summed E-state index contributed by atoms with van der Waals surface area (Å²) in [6.07, 6.45) is 2.90. The van der Waals surface area contributed by atoms with E-state index < -0.39 is 5.97 Å². The molecule has 5 rings (SSSR count). The number of hydrogen-bond acceptors (Lipinski definition) is 6. The highest BCUT2D eigenvalue weighted by Crippen LogP contribution is 2.22. The van der Waals surface area contributed by atoms with Gasteiger partial charge in [-0.2, -0.15) is 0 Å². The number of nitrogens with zero attached hydrogens (tertiary/aromatic N) is 3. The molecule has 178 valence electrons. The molecule has 0 atom stereocenters. The number of rotatable bonds is 1. The molecule has 8 nitrogen and oxygen atoms in total. The van der Waals surface area contributed by atoms with E-state index in [0.717, 1.165) is 27.5 Å². The zero-order chi connectivity index (χ0) is 25.5. The van der Waals surface area contributed by atoms with Crippen LogP contribution in [0, 0.1) is 20.8 Å². The quantitative estimate of drug-likeness (QED) is 0.220. The number of carbonyl (C=O) groups is 1. The van der Waals surface area contributed by atoms with Crippen LogP contribution in [0.2, 0.25) is 5.15 Å². The third-order valence-corrected chi connectivity index (χ3v) is 5.51. The van der Waals surface area contributed by atoms with Crippen LogP contribution in [0.4, 0.5) is 5.69 Å². The second-order valence-corrected chi connectivity index (χ2v) is 8.04. The second kappa shape index (κ2) is 11.2. The number of aromatic amines is 1. The van der Waals surface area contributed by atoms with E-state index in [9.17, 15) is 9.59 Å². The van der Waals surface area contributed by atoms with Crippen molar-refractivity contribution in [2.75, 3.05) is 5.73 Å². The Bertz CT molecular complexity index is 1500. The molecule has 0 radical (unpaired) electrons. The molecule has 0 aliphatic heterocycles. The smallest absolute Gasteiger partial charge is 0.338 e. The molecule has 5 aromatic rings. The maximum absolute atomic E-state index is 11.3. The molecule has 0 amide bonds. The number of fused-ring (bicyclic) bond motifs is 2. The molecule has 2 aromatic heterocycles. The minimum Gasteiger partial charge on any atom is -0.478 e. The molecule has 0 saturated heterocycles. The van der Waals surface area contributed by atoms with Gasteiger partial charge in [-0.25, -0.2) is 19.7 Å². The zero-order valence-corrected chi connectivity index (χ0v) is 20.2. The fraction of sp³-hybridized carbons (Fsp3) is 0.115. The summed E-state index contributed by atoms with van der Waals surface area (Å²) in [5.41, 5.74) is 10.3. The van der Waals surface area contributed by atoms with Gasteiger partial charge in [-0.05, 0) is 55.7 Å². The lowest BCUT2D eigenvalue weighted by molar-refractivity contribution is 0.0697. The number of nitrogens with two attached hydrogens (primary N) is 1. The monoisotopic (exact) mass is 489 g/mol. The molecule has 4 N–H and O–H groups in total. The Morgan fingerprint density at radius 3 is 1.97 bits per heavy atom. The van der Waals surface area contributed by atoms with Gasteiger partial charge in [0.25, 0.3) is 5.56 Å². The van der Waals surface area contributed by atoms with Crippen molar-refractivity contribution in [1.29, 1.82) is 0 Å². The van der Waals surface area contributed by atoms with Crippen molar-refractivity contribution in [3.8, 4) is 0 Å². The van der Waals surface area contributed by atoms with Gasteiger partial charge in [0, 0.05) is 11.1 Å². The minimum absolute atomic E-state index is 0.0712. The lowest BCUT2D eigenvalue weighted by Crippen LogP contribution is -2.07. The van der Waals surface area contributed by atoms with Gasteiger partial charge in [0.2, 0.25) is 0 Å². The number of nitrogens with one attached hydrogen (secondary N) is 1. The first-order chi connectivity index (χ1) is 16.7. The Morgan fingerprint density at radius 1 is 0.857 bits per heavy atom. The van der Waals surface area contributed by atoms with E-state index in [0.29, 0.717) is 21.8 Å². The van der Waals surface area contributed by atoms with Crippen LogP contribution < -0.4 is 11.3 Å². The van der Waals surface area contributed by atoms with Crippen LogP contribution in [-0.4, -0.2) is 31.0 Å². The number of nitrogen functional groups attached to an aromatic ring is 1. The number of anilines is 1. The fourth-order valence-corrected chi connectivity index (χ4v) is 3.79. The summed E-state index contributed by atoms with van der Waals surface area (Å²) in [5, 5.41) is 10.8. The average molecular weight is 490 g/mol. The normalized spacial score (nSPS) is 10.2.